The Morgan fingerprint density at radius 2 is 2.05 bits per heavy atom. The van der Waals surface area contributed by atoms with Crippen molar-refractivity contribution in [1.29, 1.82) is 0 Å². The summed E-state index contributed by atoms with van der Waals surface area (Å²) in [4.78, 5) is 22.2. The van der Waals surface area contributed by atoms with Crippen molar-refractivity contribution in [2.24, 2.45) is 0 Å². The number of hydrogen-bond acceptors (Lipinski definition) is 3. The van der Waals surface area contributed by atoms with E-state index >= 15 is 0 Å². The van der Waals surface area contributed by atoms with E-state index in [-0.39, 0.29) is 0 Å². The molecule has 0 unspecified atom stereocenters. The van der Waals surface area contributed by atoms with Crippen LogP contribution in [0.1, 0.15) is 43.1 Å². The second-order valence-corrected chi connectivity index (χ2v) is 5.19. The molecule has 0 saturated carbocycles. The molecule has 0 aromatic heterocycles. The summed E-state index contributed by atoms with van der Waals surface area (Å²) in [5.41, 5.74) is 0.762. The SMILES string of the molecule is CC(C)(C)OC(=O)NCCC#Cc1ccccc1C=O. The average molecular weight is 273 g/mol. The van der Waals surface area contributed by atoms with Crippen LogP contribution in [-0.2, 0) is 4.74 Å². The van der Waals surface area contributed by atoms with Crippen LogP contribution in [0, 0.1) is 11.8 Å². The molecule has 0 fully saturated rings. The molecule has 1 aromatic rings. The first-order chi connectivity index (χ1) is 9.42. The fourth-order valence-electron chi connectivity index (χ4n) is 1.41. The first-order valence-electron chi connectivity index (χ1n) is 6.42. The Hall–Kier alpha value is -2.28. The van der Waals surface area contributed by atoms with Crippen LogP contribution in [0.15, 0.2) is 24.3 Å². The molecule has 1 rings (SSSR count). The van der Waals surface area contributed by atoms with Gasteiger partial charge in [0.1, 0.15) is 5.60 Å². The van der Waals surface area contributed by atoms with Crippen molar-refractivity contribution in [3.05, 3.63) is 35.4 Å². The molecule has 4 nitrogen and oxygen atoms in total. The smallest absolute Gasteiger partial charge is 0.407 e. The lowest BCUT2D eigenvalue weighted by Gasteiger charge is -2.19. The summed E-state index contributed by atoms with van der Waals surface area (Å²) in [6, 6.07) is 7.13. The minimum atomic E-state index is -0.501. The van der Waals surface area contributed by atoms with Crippen molar-refractivity contribution in [2.75, 3.05) is 6.54 Å². The van der Waals surface area contributed by atoms with E-state index in [0.717, 1.165) is 6.29 Å². The quantitative estimate of drug-likeness (QED) is 0.523. The van der Waals surface area contributed by atoms with Gasteiger partial charge in [-0.05, 0) is 26.8 Å². The van der Waals surface area contributed by atoms with Crippen LogP contribution >= 0.6 is 0 Å². The summed E-state index contributed by atoms with van der Waals surface area (Å²) in [5, 5.41) is 2.62. The van der Waals surface area contributed by atoms with Gasteiger partial charge in [-0.15, -0.1) is 0 Å². The molecule has 1 N–H and O–H groups in total. The first kappa shape index (κ1) is 15.8. The molecular weight excluding hydrogens is 254 g/mol. The van der Waals surface area contributed by atoms with Crippen molar-refractivity contribution in [3.8, 4) is 11.8 Å². The number of carbonyl (C=O) groups is 2. The van der Waals surface area contributed by atoms with E-state index in [1.54, 1.807) is 18.2 Å². The van der Waals surface area contributed by atoms with Gasteiger partial charge >= 0.3 is 6.09 Å². The Labute approximate surface area is 119 Å². The molecule has 106 valence electrons. The molecule has 4 heteroatoms. The number of benzene rings is 1. The van der Waals surface area contributed by atoms with Crippen LogP contribution < -0.4 is 5.32 Å². The summed E-state index contributed by atoms with van der Waals surface area (Å²) in [7, 11) is 0. The normalized spacial score (nSPS) is 10.2. The molecule has 0 aliphatic rings. The second-order valence-electron chi connectivity index (χ2n) is 5.19. The largest absolute Gasteiger partial charge is 0.444 e. The van der Waals surface area contributed by atoms with Gasteiger partial charge in [0, 0.05) is 24.1 Å². The third-order valence-electron chi connectivity index (χ3n) is 2.23. The van der Waals surface area contributed by atoms with Gasteiger partial charge < -0.3 is 10.1 Å². The number of ether oxygens (including phenoxy) is 1. The fourth-order valence-corrected chi connectivity index (χ4v) is 1.41. The third-order valence-corrected chi connectivity index (χ3v) is 2.23. The van der Waals surface area contributed by atoms with Crippen LogP contribution in [0.4, 0.5) is 4.79 Å². The Balaban J connectivity index is 2.40. The maximum atomic E-state index is 11.4. The predicted octanol–water partition coefficient (Wildman–Crippen LogP) is 2.77. The monoisotopic (exact) mass is 273 g/mol. The highest BCUT2D eigenvalue weighted by Crippen LogP contribution is 2.06. The van der Waals surface area contributed by atoms with Crippen molar-refractivity contribution in [3.63, 3.8) is 0 Å². The molecule has 1 amide bonds. The highest BCUT2D eigenvalue weighted by Gasteiger charge is 2.15. The summed E-state index contributed by atoms with van der Waals surface area (Å²) in [5.74, 6) is 5.83. The van der Waals surface area contributed by atoms with Gasteiger partial charge in [0.25, 0.3) is 0 Å². The van der Waals surface area contributed by atoms with E-state index in [1.807, 2.05) is 26.8 Å². The van der Waals surface area contributed by atoms with E-state index in [0.29, 0.717) is 24.1 Å². The van der Waals surface area contributed by atoms with E-state index in [9.17, 15) is 9.59 Å². The molecule has 0 saturated heterocycles. The van der Waals surface area contributed by atoms with E-state index in [4.69, 9.17) is 4.74 Å². The van der Waals surface area contributed by atoms with Crippen LogP contribution in [-0.4, -0.2) is 24.5 Å². The molecule has 0 radical (unpaired) electrons. The zero-order valence-corrected chi connectivity index (χ0v) is 12.0. The van der Waals surface area contributed by atoms with Crippen molar-refractivity contribution >= 4 is 12.4 Å². The van der Waals surface area contributed by atoms with Gasteiger partial charge in [0.2, 0.25) is 0 Å². The Kier molecular flexibility index (Phi) is 5.79. The minimum absolute atomic E-state index is 0.408. The molecule has 0 atom stereocenters. The number of amides is 1. The molecule has 0 aliphatic heterocycles. The molecule has 0 aliphatic carbocycles. The fraction of sp³-hybridized carbons (Fsp3) is 0.375. The van der Waals surface area contributed by atoms with Crippen LogP contribution in [0.2, 0.25) is 0 Å². The first-order valence-corrected chi connectivity index (χ1v) is 6.42. The highest BCUT2D eigenvalue weighted by atomic mass is 16.6. The average Bonchev–Trinajstić information content (AvgIpc) is 2.36. The lowest BCUT2D eigenvalue weighted by molar-refractivity contribution is 0.0529. The van der Waals surface area contributed by atoms with Crippen molar-refractivity contribution in [1.82, 2.24) is 5.32 Å². The number of rotatable bonds is 3. The standard InChI is InChI=1S/C16H19NO3/c1-16(2,3)20-15(19)17-11-7-6-9-13-8-4-5-10-14(13)12-18/h4-5,8,10,12H,7,11H2,1-3H3,(H,17,19). The third kappa shape index (κ3) is 6.05. The van der Waals surface area contributed by atoms with Gasteiger partial charge in [-0.1, -0.05) is 30.0 Å². The zero-order chi connectivity index (χ0) is 15.0. The summed E-state index contributed by atoms with van der Waals surface area (Å²) < 4.78 is 5.09. The van der Waals surface area contributed by atoms with E-state index in [2.05, 4.69) is 17.2 Å². The summed E-state index contributed by atoms with van der Waals surface area (Å²) in [6.45, 7) is 5.83. The van der Waals surface area contributed by atoms with Crippen molar-refractivity contribution in [2.45, 2.75) is 32.8 Å². The number of alkyl carbamates (subject to hydrolysis) is 1. The topological polar surface area (TPSA) is 55.4 Å². The number of carbonyl (C=O) groups excluding carboxylic acids is 2. The number of aldehydes is 1. The Morgan fingerprint density at radius 3 is 2.70 bits per heavy atom. The van der Waals surface area contributed by atoms with Gasteiger partial charge in [0.15, 0.2) is 6.29 Å². The van der Waals surface area contributed by atoms with Gasteiger partial charge in [-0.3, -0.25) is 4.79 Å². The van der Waals surface area contributed by atoms with Crippen LogP contribution in [0.5, 0.6) is 0 Å². The van der Waals surface area contributed by atoms with Gasteiger partial charge in [-0.25, -0.2) is 4.79 Å². The highest BCUT2D eigenvalue weighted by molar-refractivity contribution is 5.79. The summed E-state index contributed by atoms with van der Waals surface area (Å²) in [6.07, 6.45) is 0.822. The predicted molar refractivity (Wildman–Crippen MR) is 77.6 cm³/mol. The van der Waals surface area contributed by atoms with E-state index in [1.165, 1.54) is 0 Å². The molecular formula is C16H19NO3. The van der Waals surface area contributed by atoms with Crippen LogP contribution in [0.25, 0.3) is 0 Å². The number of hydrogen-bond donors (Lipinski definition) is 1. The number of nitrogens with one attached hydrogen (secondary N) is 1. The second kappa shape index (κ2) is 7.34. The lowest BCUT2D eigenvalue weighted by Crippen LogP contribution is -2.32. The molecule has 20 heavy (non-hydrogen) atoms. The lowest BCUT2D eigenvalue weighted by atomic mass is 10.1. The Bertz CT molecular complexity index is 533. The van der Waals surface area contributed by atoms with E-state index < -0.39 is 11.7 Å². The van der Waals surface area contributed by atoms with Gasteiger partial charge in [0.05, 0.1) is 0 Å². The maximum absolute atomic E-state index is 11.4. The molecule has 0 bridgehead atoms. The minimum Gasteiger partial charge on any atom is -0.444 e. The molecule has 1 aromatic carbocycles. The molecule has 0 heterocycles. The maximum Gasteiger partial charge on any atom is 0.407 e. The molecule has 0 spiro atoms. The summed E-state index contributed by atoms with van der Waals surface area (Å²) >= 11 is 0. The van der Waals surface area contributed by atoms with Crippen molar-refractivity contribution < 1.29 is 14.3 Å². The Morgan fingerprint density at radius 1 is 1.35 bits per heavy atom. The van der Waals surface area contributed by atoms with Crippen LogP contribution in [0.3, 0.4) is 0 Å². The zero-order valence-electron chi connectivity index (χ0n) is 12.0. The van der Waals surface area contributed by atoms with Gasteiger partial charge in [-0.2, -0.15) is 0 Å².